The molecule has 3 N–H and O–H groups in total. The van der Waals surface area contributed by atoms with Gasteiger partial charge in [-0.1, -0.05) is 43.1 Å². The molecule has 0 spiro atoms. The second-order valence-electron chi connectivity index (χ2n) is 4.26. The van der Waals surface area contributed by atoms with Crippen molar-refractivity contribution >= 4 is 34.8 Å². The van der Waals surface area contributed by atoms with Crippen molar-refractivity contribution in [3.8, 4) is 0 Å². The zero-order valence-electron chi connectivity index (χ0n) is 9.84. The minimum Gasteiger partial charge on any atom is -0.327 e. The Morgan fingerprint density at radius 3 is 2.35 bits per heavy atom. The maximum absolute atomic E-state index is 11.7. The molecule has 5 heteroatoms. The molecule has 0 aliphatic carbocycles. The quantitative estimate of drug-likeness (QED) is 0.885. The highest BCUT2D eigenvalue weighted by Crippen LogP contribution is 2.29. The number of carbonyl (C=O) groups excluding carboxylic acids is 1. The summed E-state index contributed by atoms with van der Waals surface area (Å²) in [4.78, 5) is 11.7. The first-order valence-electron chi connectivity index (χ1n) is 5.41. The Hall–Kier alpha value is -0.770. The van der Waals surface area contributed by atoms with E-state index in [1.807, 2.05) is 13.8 Å². The van der Waals surface area contributed by atoms with E-state index in [0.29, 0.717) is 15.7 Å². The fourth-order valence-electron chi connectivity index (χ4n) is 1.26. The number of benzene rings is 1. The van der Waals surface area contributed by atoms with Crippen molar-refractivity contribution in [3.63, 3.8) is 0 Å². The molecule has 0 saturated carbocycles. The minimum absolute atomic E-state index is 0.170. The van der Waals surface area contributed by atoms with Crippen molar-refractivity contribution in [2.45, 2.75) is 26.3 Å². The van der Waals surface area contributed by atoms with Gasteiger partial charge in [0.25, 0.3) is 0 Å². The average Bonchev–Trinajstić information content (AvgIpc) is 2.23. The van der Waals surface area contributed by atoms with Gasteiger partial charge in [0.2, 0.25) is 5.91 Å². The minimum atomic E-state index is -0.179. The molecule has 1 atom stereocenters. The number of nitrogens with one attached hydrogen (secondary N) is 1. The third-order valence-corrected chi connectivity index (χ3v) is 3.13. The summed E-state index contributed by atoms with van der Waals surface area (Å²) in [6, 6.07) is 4.90. The van der Waals surface area contributed by atoms with Gasteiger partial charge in [0.15, 0.2) is 0 Å². The predicted octanol–water partition coefficient (Wildman–Crippen LogP) is 3.31. The van der Waals surface area contributed by atoms with Gasteiger partial charge in [0.05, 0.1) is 15.7 Å². The molecule has 1 aromatic rings. The number of para-hydroxylation sites is 1. The van der Waals surface area contributed by atoms with Crippen LogP contribution >= 0.6 is 23.2 Å². The van der Waals surface area contributed by atoms with Crippen LogP contribution in [0.3, 0.4) is 0 Å². The van der Waals surface area contributed by atoms with E-state index < -0.39 is 0 Å². The van der Waals surface area contributed by atoms with Crippen LogP contribution in [0.5, 0.6) is 0 Å². The summed E-state index contributed by atoms with van der Waals surface area (Å²) in [5.74, 6) is 0.0728. The Labute approximate surface area is 111 Å². The molecule has 1 unspecified atom stereocenters. The van der Waals surface area contributed by atoms with Crippen molar-refractivity contribution in [1.82, 2.24) is 0 Å². The first-order chi connectivity index (χ1) is 7.91. The molecule has 0 fully saturated rings. The maximum Gasteiger partial charge on any atom is 0.226 e. The number of hydrogen-bond acceptors (Lipinski definition) is 2. The van der Waals surface area contributed by atoms with E-state index in [9.17, 15) is 4.79 Å². The lowest BCUT2D eigenvalue weighted by Gasteiger charge is -2.15. The number of carbonyl (C=O) groups is 1. The van der Waals surface area contributed by atoms with Crippen LogP contribution in [0.15, 0.2) is 18.2 Å². The molecule has 0 heterocycles. The van der Waals surface area contributed by atoms with Crippen LogP contribution in [0.25, 0.3) is 0 Å². The molecule has 17 heavy (non-hydrogen) atoms. The highest BCUT2D eigenvalue weighted by atomic mass is 35.5. The molecule has 1 rings (SSSR count). The topological polar surface area (TPSA) is 55.1 Å². The van der Waals surface area contributed by atoms with Crippen LogP contribution in [-0.2, 0) is 4.79 Å². The van der Waals surface area contributed by atoms with E-state index in [4.69, 9.17) is 28.9 Å². The molecule has 0 radical (unpaired) electrons. The number of nitrogens with two attached hydrogens (primary N) is 1. The second kappa shape index (κ2) is 6.24. The van der Waals surface area contributed by atoms with Gasteiger partial charge < -0.3 is 11.1 Å². The van der Waals surface area contributed by atoms with E-state index in [0.717, 1.165) is 0 Å². The number of amides is 1. The molecule has 0 bridgehead atoms. The Kier molecular flexibility index (Phi) is 5.25. The monoisotopic (exact) mass is 274 g/mol. The average molecular weight is 275 g/mol. The van der Waals surface area contributed by atoms with Gasteiger partial charge in [0.1, 0.15) is 0 Å². The Morgan fingerprint density at radius 2 is 1.88 bits per heavy atom. The molecular weight excluding hydrogens is 259 g/mol. The van der Waals surface area contributed by atoms with Crippen molar-refractivity contribution in [2.75, 3.05) is 5.32 Å². The standard InChI is InChI=1S/C12H16Cl2N2O/c1-7(2)10(15)6-11(17)16-12-8(13)4-3-5-9(12)14/h3-5,7,10H,6,15H2,1-2H3,(H,16,17). The molecule has 1 aromatic carbocycles. The third kappa shape index (κ3) is 4.19. The van der Waals surface area contributed by atoms with E-state index >= 15 is 0 Å². The van der Waals surface area contributed by atoms with Crippen molar-refractivity contribution in [3.05, 3.63) is 28.2 Å². The van der Waals surface area contributed by atoms with Gasteiger partial charge in [-0.15, -0.1) is 0 Å². The van der Waals surface area contributed by atoms with Crippen molar-refractivity contribution in [2.24, 2.45) is 11.7 Å². The summed E-state index contributed by atoms with van der Waals surface area (Å²) in [7, 11) is 0. The van der Waals surface area contributed by atoms with Gasteiger partial charge in [-0.25, -0.2) is 0 Å². The summed E-state index contributed by atoms with van der Waals surface area (Å²) < 4.78 is 0. The van der Waals surface area contributed by atoms with Crippen LogP contribution < -0.4 is 11.1 Å². The lowest BCUT2D eigenvalue weighted by molar-refractivity contribution is -0.116. The van der Waals surface area contributed by atoms with Crippen LogP contribution in [0.2, 0.25) is 10.0 Å². The fraction of sp³-hybridized carbons (Fsp3) is 0.417. The lowest BCUT2D eigenvalue weighted by atomic mass is 10.0. The Morgan fingerprint density at radius 1 is 1.35 bits per heavy atom. The summed E-state index contributed by atoms with van der Waals surface area (Å²) in [6.45, 7) is 3.95. The molecule has 0 aromatic heterocycles. The number of anilines is 1. The van der Waals surface area contributed by atoms with E-state index in [1.165, 1.54) is 0 Å². The maximum atomic E-state index is 11.7. The second-order valence-corrected chi connectivity index (χ2v) is 5.07. The van der Waals surface area contributed by atoms with Crippen LogP contribution in [0.1, 0.15) is 20.3 Å². The summed E-state index contributed by atoms with van der Waals surface area (Å²) in [5.41, 5.74) is 6.26. The SMILES string of the molecule is CC(C)C(N)CC(=O)Nc1c(Cl)cccc1Cl. The third-order valence-electron chi connectivity index (χ3n) is 2.50. The highest BCUT2D eigenvalue weighted by molar-refractivity contribution is 6.39. The van der Waals surface area contributed by atoms with Crippen LogP contribution in [-0.4, -0.2) is 11.9 Å². The number of rotatable bonds is 4. The predicted molar refractivity (Wildman–Crippen MR) is 72.5 cm³/mol. The van der Waals surface area contributed by atoms with Gasteiger partial charge in [0, 0.05) is 12.5 Å². The van der Waals surface area contributed by atoms with E-state index in [1.54, 1.807) is 18.2 Å². The summed E-state index contributed by atoms with van der Waals surface area (Å²) >= 11 is 11.9. The van der Waals surface area contributed by atoms with Crippen LogP contribution in [0, 0.1) is 5.92 Å². The van der Waals surface area contributed by atoms with Gasteiger partial charge >= 0.3 is 0 Å². The molecule has 0 aliphatic heterocycles. The largest absolute Gasteiger partial charge is 0.327 e. The van der Waals surface area contributed by atoms with Crippen LogP contribution in [0.4, 0.5) is 5.69 Å². The molecule has 94 valence electrons. The first-order valence-corrected chi connectivity index (χ1v) is 6.17. The zero-order chi connectivity index (χ0) is 13.0. The molecular formula is C12H16Cl2N2O. The molecule has 3 nitrogen and oxygen atoms in total. The Bertz CT molecular complexity index is 387. The number of halogens is 2. The van der Waals surface area contributed by atoms with Gasteiger partial charge in [-0.05, 0) is 18.1 Å². The van der Waals surface area contributed by atoms with E-state index in [2.05, 4.69) is 5.32 Å². The van der Waals surface area contributed by atoms with Gasteiger partial charge in [-0.2, -0.15) is 0 Å². The fourth-order valence-corrected chi connectivity index (χ4v) is 1.75. The number of hydrogen-bond donors (Lipinski definition) is 2. The van der Waals surface area contributed by atoms with Gasteiger partial charge in [-0.3, -0.25) is 4.79 Å². The summed E-state index contributed by atoms with van der Waals surface area (Å²) in [5, 5.41) is 3.52. The van der Waals surface area contributed by atoms with Crippen molar-refractivity contribution < 1.29 is 4.79 Å². The molecule has 0 saturated heterocycles. The summed E-state index contributed by atoms with van der Waals surface area (Å²) in [6.07, 6.45) is 0.249. The molecule has 1 amide bonds. The lowest BCUT2D eigenvalue weighted by Crippen LogP contribution is -2.31. The van der Waals surface area contributed by atoms with E-state index in [-0.39, 0.29) is 24.3 Å². The highest BCUT2D eigenvalue weighted by Gasteiger charge is 2.15. The smallest absolute Gasteiger partial charge is 0.226 e. The zero-order valence-corrected chi connectivity index (χ0v) is 11.3. The Balaban J connectivity index is 2.69. The normalized spacial score (nSPS) is 12.6. The molecule has 0 aliphatic rings. The first kappa shape index (κ1) is 14.3. The van der Waals surface area contributed by atoms with Crippen molar-refractivity contribution in [1.29, 1.82) is 0 Å².